The normalized spacial score (nSPS) is 10.2. The van der Waals surface area contributed by atoms with E-state index in [0.717, 1.165) is 5.56 Å². The molecule has 0 saturated carbocycles. The van der Waals surface area contributed by atoms with Crippen molar-refractivity contribution in [1.29, 1.82) is 5.26 Å². The first kappa shape index (κ1) is 13.6. The fourth-order valence-electron chi connectivity index (χ4n) is 1.68. The van der Waals surface area contributed by atoms with Crippen molar-refractivity contribution < 1.29 is 9.57 Å². The molecule has 0 spiro atoms. The summed E-state index contributed by atoms with van der Waals surface area (Å²) < 4.78 is 5.18. The summed E-state index contributed by atoms with van der Waals surface area (Å²) in [5.41, 5.74) is 2.09. The van der Waals surface area contributed by atoms with Crippen LogP contribution in [0.5, 0.6) is 5.75 Å². The van der Waals surface area contributed by atoms with Crippen LogP contribution in [0.1, 0.15) is 16.7 Å². The lowest BCUT2D eigenvalue weighted by atomic mass is 10.1. The number of ether oxygens (including phenoxy) is 1. The molecule has 0 aliphatic heterocycles. The first-order valence-corrected chi connectivity index (χ1v) is 6.04. The molecule has 0 atom stereocenters. The minimum absolute atomic E-state index is 0.228. The lowest BCUT2D eigenvalue weighted by Crippen LogP contribution is -1.93. The van der Waals surface area contributed by atoms with E-state index in [1.807, 2.05) is 42.5 Å². The maximum atomic E-state index is 8.95. The lowest BCUT2D eigenvalue weighted by Gasteiger charge is -2.03. The molecule has 4 nitrogen and oxygen atoms in total. The number of methoxy groups -OCH3 is 1. The van der Waals surface area contributed by atoms with E-state index in [2.05, 4.69) is 17.4 Å². The average Bonchev–Trinajstić information content (AvgIpc) is 2.52. The summed E-state index contributed by atoms with van der Waals surface area (Å²) in [6, 6.07) is 16.7. The molecule has 2 aromatic rings. The Kier molecular flexibility index (Phi) is 4.74. The highest BCUT2D eigenvalue weighted by Gasteiger charge is 2.01. The van der Waals surface area contributed by atoms with Crippen LogP contribution in [-0.4, -0.2) is 13.3 Å². The second-order valence-corrected chi connectivity index (χ2v) is 3.95. The van der Waals surface area contributed by atoms with Gasteiger partial charge in [0.2, 0.25) is 0 Å². The number of para-hydroxylation sites is 1. The van der Waals surface area contributed by atoms with Gasteiger partial charge in [0.15, 0.2) is 0 Å². The van der Waals surface area contributed by atoms with Gasteiger partial charge in [-0.2, -0.15) is 5.26 Å². The number of rotatable bonds is 5. The predicted molar refractivity (Wildman–Crippen MR) is 75.5 cm³/mol. The third kappa shape index (κ3) is 3.36. The van der Waals surface area contributed by atoms with E-state index in [1.165, 1.54) is 0 Å². The maximum Gasteiger partial charge on any atom is 0.143 e. The van der Waals surface area contributed by atoms with Crippen LogP contribution in [0.15, 0.2) is 53.7 Å². The summed E-state index contributed by atoms with van der Waals surface area (Å²) in [5.74, 6) is 0.678. The highest BCUT2D eigenvalue weighted by atomic mass is 16.6. The SMILES string of the molecule is COc1ccccc1/[C]=N\OCc1ccccc1C#N. The van der Waals surface area contributed by atoms with Crippen molar-refractivity contribution in [1.82, 2.24) is 0 Å². The van der Waals surface area contributed by atoms with Gasteiger partial charge in [-0.3, -0.25) is 0 Å². The first-order valence-electron chi connectivity index (χ1n) is 6.04. The van der Waals surface area contributed by atoms with Crippen molar-refractivity contribution in [3.05, 3.63) is 65.2 Å². The van der Waals surface area contributed by atoms with Gasteiger partial charge in [0, 0.05) is 11.1 Å². The Bertz CT molecular complexity index is 645. The molecule has 0 amide bonds. The van der Waals surface area contributed by atoms with Crippen molar-refractivity contribution in [2.75, 3.05) is 7.11 Å². The van der Waals surface area contributed by atoms with Crippen molar-refractivity contribution in [3.63, 3.8) is 0 Å². The molecular formula is C16H13N2O2. The van der Waals surface area contributed by atoms with Gasteiger partial charge in [0.25, 0.3) is 0 Å². The predicted octanol–water partition coefficient (Wildman–Crippen LogP) is 2.99. The summed E-state index contributed by atoms with van der Waals surface area (Å²) in [6.07, 6.45) is 2.77. The van der Waals surface area contributed by atoms with Crippen molar-refractivity contribution in [2.45, 2.75) is 6.61 Å². The summed E-state index contributed by atoms with van der Waals surface area (Å²) >= 11 is 0. The molecule has 20 heavy (non-hydrogen) atoms. The Morgan fingerprint density at radius 3 is 2.50 bits per heavy atom. The Morgan fingerprint density at radius 2 is 1.75 bits per heavy atom. The number of nitrogens with zero attached hydrogens (tertiary/aromatic N) is 2. The van der Waals surface area contributed by atoms with Gasteiger partial charge >= 0.3 is 0 Å². The Balaban J connectivity index is 1.99. The summed E-state index contributed by atoms with van der Waals surface area (Å²) in [5, 5.41) is 12.7. The topological polar surface area (TPSA) is 54.6 Å². The number of hydrogen-bond donors (Lipinski definition) is 0. The molecule has 0 saturated heterocycles. The van der Waals surface area contributed by atoms with Crippen LogP contribution in [0.3, 0.4) is 0 Å². The minimum atomic E-state index is 0.228. The number of nitriles is 1. The number of hydrogen-bond acceptors (Lipinski definition) is 4. The summed E-state index contributed by atoms with van der Waals surface area (Å²) in [7, 11) is 1.59. The van der Waals surface area contributed by atoms with Crippen molar-refractivity contribution in [2.24, 2.45) is 5.16 Å². The quantitative estimate of drug-likeness (QED) is 0.617. The molecule has 0 N–H and O–H groups in total. The second-order valence-electron chi connectivity index (χ2n) is 3.95. The van der Waals surface area contributed by atoms with Crippen LogP contribution in [0.25, 0.3) is 0 Å². The van der Waals surface area contributed by atoms with E-state index in [-0.39, 0.29) is 6.61 Å². The van der Waals surface area contributed by atoms with Crippen LogP contribution in [0.4, 0.5) is 0 Å². The van der Waals surface area contributed by atoms with Gasteiger partial charge in [-0.1, -0.05) is 35.5 Å². The third-order valence-corrected chi connectivity index (χ3v) is 2.70. The molecule has 4 heteroatoms. The van der Waals surface area contributed by atoms with Crippen molar-refractivity contribution in [3.8, 4) is 11.8 Å². The van der Waals surface area contributed by atoms with Crippen LogP contribution < -0.4 is 4.74 Å². The molecule has 0 unspecified atom stereocenters. The molecular weight excluding hydrogens is 252 g/mol. The largest absolute Gasteiger partial charge is 0.496 e. The fourth-order valence-corrected chi connectivity index (χ4v) is 1.68. The molecule has 0 aromatic heterocycles. The van der Waals surface area contributed by atoms with Gasteiger partial charge in [-0.05, 0) is 18.2 Å². The second kappa shape index (κ2) is 6.95. The van der Waals surface area contributed by atoms with Crippen LogP contribution in [-0.2, 0) is 11.4 Å². The molecule has 0 bridgehead atoms. The Hall–Kier alpha value is -2.80. The third-order valence-electron chi connectivity index (χ3n) is 2.70. The standard InChI is InChI=1S/C16H13N2O2/c1-19-16-9-5-4-7-14(16)11-18-20-12-15-8-3-2-6-13(15)10-17/h2-9H,12H2,1H3. The maximum absolute atomic E-state index is 8.95. The summed E-state index contributed by atoms with van der Waals surface area (Å²) in [4.78, 5) is 5.17. The lowest BCUT2D eigenvalue weighted by molar-refractivity contribution is 0.132. The van der Waals surface area contributed by atoms with Gasteiger partial charge in [0.05, 0.1) is 18.7 Å². The van der Waals surface area contributed by atoms with E-state index < -0.39 is 0 Å². The molecule has 0 heterocycles. The molecule has 2 rings (SSSR count). The average molecular weight is 265 g/mol. The molecule has 0 aliphatic rings. The molecule has 0 aliphatic carbocycles. The number of benzene rings is 2. The van der Waals surface area contributed by atoms with Crippen LogP contribution in [0.2, 0.25) is 0 Å². The van der Waals surface area contributed by atoms with E-state index >= 15 is 0 Å². The highest BCUT2D eigenvalue weighted by molar-refractivity contribution is 5.82. The van der Waals surface area contributed by atoms with Crippen LogP contribution >= 0.6 is 0 Å². The first-order chi connectivity index (χ1) is 9.85. The van der Waals surface area contributed by atoms with E-state index in [9.17, 15) is 0 Å². The zero-order chi connectivity index (χ0) is 14.2. The molecule has 99 valence electrons. The monoisotopic (exact) mass is 265 g/mol. The molecule has 2 aromatic carbocycles. The summed E-state index contributed by atoms with van der Waals surface area (Å²) in [6.45, 7) is 0.228. The molecule has 1 radical (unpaired) electrons. The zero-order valence-corrected chi connectivity index (χ0v) is 11.0. The van der Waals surface area contributed by atoms with Gasteiger partial charge in [-0.15, -0.1) is 0 Å². The smallest absolute Gasteiger partial charge is 0.143 e. The Labute approximate surface area is 117 Å². The van der Waals surface area contributed by atoms with Gasteiger partial charge < -0.3 is 9.57 Å². The molecule has 0 fully saturated rings. The van der Waals surface area contributed by atoms with Gasteiger partial charge in [0.1, 0.15) is 18.6 Å². The van der Waals surface area contributed by atoms with Crippen LogP contribution in [0, 0.1) is 11.3 Å². The van der Waals surface area contributed by atoms with Crippen molar-refractivity contribution >= 4 is 6.21 Å². The van der Waals surface area contributed by atoms with E-state index in [1.54, 1.807) is 13.2 Å². The van der Waals surface area contributed by atoms with E-state index in [0.29, 0.717) is 16.9 Å². The highest BCUT2D eigenvalue weighted by Crippen LogP contribution is 2.15. The van der Waals surface area contributed by atoms with Gasteiger partial charge in [-0.25, -0.2) is 0 Å². The zero-order valence-electron chi connectivity index (χ0n) is 11.0. The minimum Gasteiger partial charge on any atom is -0.496 e. The fraction of sp³-hybridized carbons (Fsp3) is 0.125. The van der Waals surface area contributed by atoms with E-state index in [4.69, 9.17) is 14.8 Å². The Morgan fingerprint density at radius 1 is 1.05 bits per heavy atom.